The van der Waals surface area contributed by atoms with Gasteiger partial charge in [0.15, 0.2) is 0 Å². The van der Waals surface area contributed by atoms with E-state index in [9.17, 15) is 4.79 Å². The second-order valence-electron chi connectivity index (χ2n) is 3.92. The fourth-order valence-electron chi connectivity index (χ4n) is 1.93. The van der Waals surface area contributed by atoms with Crippen molar-refractivity contribution in [3.8, 4) is 0 Å². The van der Waals surface area contributed by atoms with Crippen LogP contribution in [0.25, 0.3) is 0 Å². The van der Waals surface area contributed by atoms with Gasteiger partial charge in [0.2, 0.25) is 0 Å². The average Bonchev–Trinajstić information content (AvgIpc) is 2.17. The van der Waals surface area contributed by atoms with Crippen molar-refractivity contribution >= 4 is 5.97 Å². The van der Waals surface area contributed by atoms with Gasteiger partial charge < -0.3 is 9.84 Å². The van der Waals surface area contributed by atoms with Gasteiger partial charge in [-0.3, -0.25) is 9.69 Å². The molecule has 0 amide bonds. The minimum absolute atomic E-state index is 0.144. The Hall–Kier alpha value is -0.610. The number of hydrogen-bond acceptors (Lipinski definition) is 3. The number of hydrogen-bond donors (Lipinski definition) is 1. The van der Waals surface area contributed by atoms with Gasteiger partial charge in [-0.05, 0) is 19.8 Å². The van der Waals surface area contributed by atoms with Gasteiger partial charge in [-0.15, -0.1) is 0 Å². The molecular formula is C10H19NO3. The maximum absolute atomic E-state index is 10.5. The lowest BCUT2D eigenvalue weighted by molar-refractivity contribution is -0.138. The van der Waals surface area contributed by atoms with Gasteiger partial charge in [0.1, 0.15) is 0 Å². The summed E-state index contributed by atoms with van der Waals surface area (Å²) in [5.74, 6) is -0.716. The minimum Gasteiger partial charge on any atom is -0.481 e. The highest BCUT2D eigenvalue weighted by Gasteiger charge is 2.23. The standard InChI is InChI=1S/C10H19NO3/c1-8(7-10(12)13)11-5-3-9(14-2)4-6-11/h8-9H,3-7H2,1-2H3,(H,12,13). The summed E-state index contributed by atoms with van der Waals surface area (Å²) in [5, 5.41) is 8.66. The van der Waals surface area contributed by atoms with E-state index < -0.39 is 5.97 Å². The normalized spacial score (nSPS) is 22.1. The Bertz CT molecular complexity index is 188. The van der Waals surface area contributed by atoms with Crippen LogP contribution in [0.15, 0.2) is 0 Å². The Labute approximate surface area is 84.8 Å². The van der Waals surface area contributed by atoms with Crippen molar-refractivity contribution in [2.24, 2.45) is 0 Å². The molecule has 1 atom stereocenters. The maximum atomic E-state index is 10.5. The molecule has 1 saturated heterocycles. The van der Waals surface area contributed by atoms with E-state index in [0.717, 1.165) is 25.9 Å². The largest absolute Gasteiger partial charge is 0.481 e. The molecule has 0 saturated carbocycles. The Morgan fingerprint density at radius 3 is 2.57 bits per heavy atom. The van der Waals surface area contributed by atoms with E-state index in [4.69, 9.17) is 9.84 Å². The number of methoxy groups -OCH3 is 1. The summed E-state index contributed by atoms with van der Waals surface area (Å²) in [4.78, 5) is 12.7. The molecule has 0 bridgehead atoms. The Kier molecular flexibility index (Phi) is 4.35. The monoisotopic (exact) mass is 201 g/mol. The first-order valence-electron chi connectivity index (χ1n) is 5.12. The number of aliphatic carboxylic acids is 1. The van der Waals surface area contributed by atoms with Crippen LogP contribution in [0.2, 0.25) is 0 Å². The zero-order valence-electron chi connectivity index (χ0n) is 8.90. The zero-order valence-corrected chi connectivity index (χ0v) is 8.90. The first-order chi connectivity index (χ1) is 6.63. The molecule has 14 heavy (non-hydrogen) atoms. The lowest BCUT2D eigenvalue weighted by Crippen LogP contribution is -2.42. The van der Waals surface area contributed by atoms with Crippen molar-refractivity contribution in [2.45, 2.75) is 38.3 Å². The third kappa shape index (κ3) is 3.27. The summed E-state index contributed by atoms with van der Waals surface area (Å²) in [6.45, 7) is 3.88. The molecule has 0 spiro atoms. The predicted molar refractivity (Wildman–Crippen MR) is 53.3 cm³/mol. The van der Waals surface area contributed by atoms with Gasteiger partial charge in [-0.1, -0.05) is 0 Å². The summed E-state index contributed by atoms with van der Waals surface area (Å²) in [5.41, 5.74) is 0. The lowest BCUT2D eigenvalue weighted by atomic mass is 10.0. The van der Waals surface area contributed by atoms with Gasteiger partial charge >= 0.3 is 5.97 Å². The van der Waals surface area contributed by atoms with Crippen LogP contribution in [-0.4, -0.2) is 48.3 Å². The topological polar surface area (TPSA) is 49.8 Å². The van der Waals surface area contributed by atoms with Gasteiger partial charge in [0.05, 0.1) is 12.5 Å². The molecule has 0 aromatic carbocycles. The Morgan fingerprint density at radius 1 is 1.57 bits per heavy atom. The molecular weight excluding hydrogens is 182 g/mol. The fraction of sp³-hybridized carbons (Fsp3) is 0.900. The molecule has 1 unspecified atom stereocenters. The van der Waals surface area contributed by atoms with Gasteiger partial charge in [0, 0.05) is 26.2 Å². The van der Waals surface area contributed by atoms with Gasteiger partial charge in [-0.25, -0.2) is 0 Å². The number of likely N-dealkylation sites (tertiary alicyclic amines) is 1. The van der Waals surface area contributed by atoms with Crippen LogP contribution in [0.5, 0.6) is 0 Å². The summed E-state index contributed by atoms with van der Waals surface area (Å²) in [6.07, 6.45) is 2.63. The number of carboxylic acid groups (broad SMARTS) is 1. The predicted octanol–water partition coefficient (Wildman–Crippen LogP) is 0.960. The third-order valence-electron chi connectivity index (χ3n) is 2.90. The van der Waals surface area contributed by atoms with Crippen molar-refractivity contribution in [3.63, 3.8) is 0 Å². The van der Waals surface area contributed by atoms with E-state index in [0.29, 0.717) is 6.10 Å². The van der Waals surface area contributed by atoms with Gasteiger partial charge in [-0.2, -0.15) is 0 Å². The van der Waals surface area contributed by atoms with E-state index in [1.165, 1.54) is 0 Å². The fourth-order valence-corrected chi connectivity index (χ4v) is 1.93. The third-order valence-corrected chi connectivity index (χ3v) is 2.90. The van der Waals surface area contributed by atoms with E-state index in [2.05, 4.69) is 4.90 Å². The SMILES string of the molecule is COC1CCN(C(C)CC(=O)O)CC1. The lowest BCUT2D eigenvalue weighted by Gasteiger charge is -2.34. The van der Waals surface area contributed by atoms with Crippen LogP contribution in [0, 0.1) is 0 Å². The second-order valence-corrected chi connectivity index (χ2v) is 3.92. The first kappa shape index (κ1) is 11.5. The average molecular weight is 201 g/mol. The zero-order chi connectivity index (χ0) is 10.6. The molecule has 1 N–H and O–H groups in total. The maximum Gasteiger partial charge on any atom is 0.304 e. The molecule has 0 aromatic rings. The van der Waals surface area contributed by atoms with E-state index in [-0.39, 0.29) is 12.5 Å². The highest BCUT2D eigenvalue weighted by atomic mass is 16.5. The number of ether oxygens (including phenoxy) is 1. The molecule has 1 heterocycles. The molecule has 0 radical (unpaired) electrons. The summed E-state index contributed by atoms with van der Waals surface area (Å²) >= 11 is 0. The molecule has 0 aliphatic carbocycles. The molecule has 1 aliphatic heterocycles. The van der Waals surface area contributed by atoms with Crippen LogP contribution in [0.3, 0.4) is 0 Å². The van der Waals surface area contributed by atoms with Crippen LogP contribution < -0.4 is 0 Å². The minimum atomic E-state index is -0.716. The molecule has 1 aliphatic rings. The Morgan fingerprint density at radius 2 is 2.14 bits per heavy atom. The van der Waals surface area contributed by atoms with Crippen LogP contribution >= 0.6 is 0 Å². The number of piperidine rings is 1. The van der Waals surface area contributed by atoms with Crippen LogP contribution in [-0.2, 0) is 9.53 Å². The highest BCUT2D eigenvalue weighted by Crippen LogP contribution is 2.16. The highest BCUT2D eigenvalue weighted by molar-refractivity contribution is 5.67. The number of carbonyl (C=O) groups is 1. The molecule has 82 valence electrons. The molecule has 1 rings (SSSR count). The molecule has 4 nitrogen and oxygen atoms in total. The van der Waals surface area contributed by atoms with E-state index in [1.54, 1.807) is 7.11 Å². The van der Waals surface area contributed by atoms with Crippen molar-refractivity contribution in [3.05, 3.63) is 0 Å². The van der Waals surface area contributed by atoms with Crippen molar-refractivity contribution < 1.29 is 14.6 Å². The van der Waals surface area contributed by atoms with Crippen LogP contribution in [0.1, 0.15) is 26.2 Å². The first-order valence-corrected chi connectivity index (χ1v) is 5.12. The molecule has 4 heteroatoms. The van der Waals surface area contributed by atoms with Crippen LogP contribution in [0.4, 0.5) is 0 Å². The van der Waals surface area contributed by atoms with Gasteiger partial charge in [0.25, 0.3) is 0 Å². The second kappa shape index (κ2) is 5.32. The molecule has 1 fully saturated rings. The van der Waals surface area contributed by atoms with E-state index in [1.807, 2.05) is 6.92 Å². The van der Waals surface area contributed by atoms with Crippen molar-refractivity contribution in [2.75, 3.05) is 20.2 Å². The number of carboxylic acids is 1. The summed E-state index contributed by atoms with van der Waals surface area (Å²) in [6, 6.07) is 0.144. The number of nitrogens with zero attached hydrogens (tertiary/aromatic N) is 1. The van der Waals surface area contributed by atoms with E-state index >= 15 is 0 Å². The van der Waals surface area contributed by atoms with Crippen molar-refractivity contribution in [1.29, 1.82) is 0 Å². The number of rotatable bonds is 4. The smallest absolute Gasteiger partial charge is 0.304 e. The Balaban J connectivity index is 2.30. The summed E-state index contributed by atoms with van der Waals surface area (Å²) < 4.78 is 5.26. The summed E-state index contributed by atoms with van der Waals surface area (Å²) in [7, 11) is 1.74. The van der Waals surface area contributed by atoms with Crippen molar-refractivity contribution in [1.82, 2.24) is 4.90 Å². The quantitative estimate of drug-likeness (QED) is 0.736. The molecule has 0 aromatic heterocycles.